The van der Waals surface area contributed by atoms with Gasteiger partial charge in [0.15, 0.2) is 5.17 Å². The molecule has 1 heterocycles. The normalized spacial score (nSPS) is 15.9. The fraction of sp³-hybridized carbons (Fsp3) is 0.217. The van der Waals surface area contributed by atoms with Crippen molar-refractivity contribution in [1.29, 1.82) is 0 Å². The highest BCUT2D eigenvalue weighted by atomic mass is 32.2. The summed E-state index contributed by atoms with van der Waals surface area (Å²) in [5, 5.41) is 10.8. The van der Waals surface area contributed by atoms with Gasteiger partial charge in [-0.15, -0.1) is 5.10 Å². The summed E-state index contributed by atoms with van der Waals surface area (Å²) in [5.74, 6) is 0.458. The zero-order valence-electron chi connectivity index (χ0n) is 18.2. The lowest BCUT2D eigenvalue weighted by Crippen LogP contribution is -2.19. The van der Waals surface area contributed by atoms with Gasteiger partial charge in [-0.2, -0.15) is 5.10 Å². The molecule has 0 aromatic heterocycles. The van der Waals surface area contributed by atoms with Crippen molar-refractivity contribution in [2.75, 3.05) is 14.2 Å². The van der Waals surface area contributed by atoms with Crippen molar-refractivity contribution < 1.29 is 23.8 Å². The Bertz CT molecular complexity index is 1100. The van der Waals surface area contributed by atoms with E-state index in [1.807, 2.05) is 44.2 Å². The van der Waals surface area contributed by atoms with E-state index in [0.29, 0.717) is 12.4 Å². The molecule has 0 bridgehead atoms. The van der Waals surface area contributed by atoms with E-state index in [1.54, 1.807) is 13.3 Å². The Hall–Kier alpha value is -3.59. The van der Waals surface area contributed by atoms with Crippen molar-refractivity contribution in [1.82, 2.24) is 5.32 Å². The number of hydrogen-bond donors (Lipinski definition) is 1. The fourth-order valence-electron chi connectivity index (χ4n) is 2.96. The molecule has 32 heavy (non-hydrogen) atoms. The average Bonchev–Trinajstić information content (AvgIpc) is 3.10. The Balaban J connectivity index is 1.70. The Morgan fingerprint density at radius 3 is 2.56 bits per heavy atom. The maximum absolute atomic E-state index is 11.8. The van der Waals surface area contributed by atoms with Gasteiger partial charge in [-0.05, 0) is 72.6 Å². The number of rotatable bonds is 7. The molecule has 0 atom stereocenters. The molecule has 0 radical (unpaired) electrons. The molecule has 8 nitrogen and oxygen atoms in total. The number of hydrogen-bond acceptors (Lipinski definition) is 8. The quantitative estimate of drug-likeness (QED) is 0.298. The van der Waals surface area contributed by atoms with E-state index in [9.17, 15) is 9.59 Å². The molecular weight excluding hydrogens is 430 g/mol. The van der Waals surface area contributed by atoms with Crippen LogP contribution in [0.15, 0.2) is 57.6 Å². The molecule has 9 heteroatoms. The van der Waals surface area contributed by atoms with E-state index in [4.69, 9.17) is 9.47 Å². The van der Waals surface area contributed by atoms with Crippen molar-refractivity contribution in [3.05, 3.63) is 69.6 Å². The number of carbonyl (C=O) groups excluding carboxylic acids is 2. The summed E-state index contributed by atoms with van der Waals surface area (Å²) in [6.07, 6.45) is 2.67. The summed E-state index contributed by atoms with van der Waals surface area (Å²) in [5.41, 5.74) is 3.91. The third-order valence-electron chi connectivity index (χ3n) is 4.35. The molecule has 3 rings (SSSR count). The van der Waals surface area contributed by atoms with Crippen LogP contribution in [0.4, 0.5) is 0 Å². The molecular formula is C23H23N3O5S. The summed E-state index contributed by atoms with van der Waals surface area (Å²) < 4.78 is 15.9. The van der Waals surface area contributed by atoms with E-state index in [1.165, 1.54) is 7.11 Å². The highest BCUT2D eigenvalue weighted by Gasteiger charge is 2.25. The number of carbonyl (C=O) groups is 2. The van der Waals surface area contributed by atoms with Crippen LogP contribution >= 0.6 is 11.8 Å². The van der Waals surface area contributed by atoms with Crippen molar-refractivity contribution in [2.24, 2.45) is 10.2 Å². The Morgan fingerprint density at radius 1 is 1.12 bits per heavy atom. The molecule has 0 aliphatic carbocycles. The van der Waals surface area contributed by atoms with Crippen molar-refractivity contribution in [2.45, 2.75) is 20.5 Å². The van der Waals surface area contributed by atoms with Gasteiger partial charge in [0.25, 0.3) is 5.91 Å². The van der Waals surface area contributed by atoms with Gasteiger partial charge in [0.1, 0.15) is 18.1 Å². The molecule has 1 fully saturated rings. The number of ether oxygens (including phenoxy) is 3. The van der Waals surface area contributed by atoms with Gasteiger partial charge >= 0.3 is 5.97 Å². The Morgan fingerprint density at radius 2 is 1.88 bits per heavy atom. The summed E-state index contributed by atoms with van der Waals surface area (Å²) in [4.78, 5) is 23.3. The maximum Gasteiger partial charge on any atom is 0.331 e. The molecule has 1 saturated heterocycles. The maximum atomic E-state index is 11.8. The number of esters is 1. The first-order chi connectivity index (χ1) is 15.4. The van der Waals surface area contributed by atoms with Gasteiger partial charge in [0.2, 0.25) is 0 Å². The van der Waals surface area contributed by atoms with Crippen LogP contribution in [0, 0.1) is 13.8 Å². The summed E-state index contributed by atoms with van der Waals surface area (Å²) in [7, 11) is 2.85. The number of benzene rings is 2. The lowest BCUT2D eigenvalue weighted by Gasteiger charge is -2.12. The number of amides is 1. The minimum Gasteiger partial charge on any atom is -0.496 e. The molecule has 0 saturated carbocycles. The molecule has 0 spiro atoms. The van der Waals surface area contributed by atoms with Crippen molar-refractivity contribution in [3.63, 3.8) is 0 Å². The summed E-state index contributed by atoms with van der Waals surface area (Å²) >= 11 is 1.01. The largest absolute Gasteiger partial charge is 0.496 e. The number of amidine groups is 1. The van der Waals surface area contributed by atoms with Gasteiger partial charge < -0.3 is 14.2 Å². The van der Waals surface area contributed by atoms with E-state index in [2.05, 4.69) is 26.3 Å². The van der Waals surface area contributed by atoms with Crippen LogP contribution in [0.25, 0.3) is 0 Å². The Labute approximate surface area is 190 Å². The van der Waals surface area contributed by atoms with Gasteiger partial charge in [-0.25, -0.2) is 4.79 Å². The number of nitrogens with one attached hydrogen (secondary N) is 1. The molecule has 0 unspecified atom stereocenters. The van der Waals surface area contributed by atoms with Crippen LogP contribution in [0.3, 0.4) is 0 Å². The highest BCUT2D eigenvalue weighted by Crippen LogP contribution is 2.24. The van der Waals surface area contributed by atoms with Gasteiger partial charge in [0, 0.05) is 11.6 Å². The lowest BCUT2D eigenvalue weighted by molar-refractivity contribution is -0.135. The topological polar surface area (TPSA) is 98.6 Å². The van der Waals surface area contributed by atoms with E-state index >= 15 is 0 Å². The second kappa shape index (κ2) is 10.6. The lowest BCUT2D eigenvalue weighted by atomic mass is 10.1. The highest BCUT2D eigenvalue weighted by molar-refractivity contribution is 8.18. The van der Waals surface area contributed by atoms with Crippen molar-refractivity contribution >= 4 is 35.0 Å². The summed E-state index contributed by atoms with van der Waals surface area (Å²) in [6.45, 7) is 4.38. The number of thioether (sulfide) groups is 1. The third kappa shape index (κ3) is 6.21. The first-order valence-corrected chi connectivity index (χ1v) is 10.5. The first kappa shape index (κ1) is 23.1. The average molecular weight is 454 g/mol. The van der Waals surface area contributed by atoms with E-state index < -0.39 is 11.9 Å². The number of methoxy groups -OCH3 is 2. The zero-order chi connectivity index (χ0) is 23.1. The van der Waals surface area contributed by atoms with Crippen LogP contribution < -0.4 is 14.8 Å². The minimum absolute atomic E-state index is 0.195. The Kier molecular flexibility index (Phi) is 7.67. The minimum atomic E-state index is -0.610. The van der Waals surface area contributed by atoms with Crippen LogP contribution in [-0.4, -0.2) is 37.5 Å². The van der Waals surface area contributed by atoms with Crippen molar-refractivity contribution in [3.8, 4) is 11.5 Å². The van der Waals surface area contributed by atoms with Gasteiger partial charge in [0.05, 0.1) is 25.3 Å². The van der Waals surface area contributed by atoms with Crippen LogP contribution in [-0.2, 0) is 20.9 Å². The fourth-order valence-corrected chi connectivity index (χ4v) is 3.70. The predicted molar refractivity (Wildman–Crippen MR) is 124 cm³/mol. The monoisotopic (exact) mass is 453 g/mol. The van der Waals surface area contributed by atoms with E-state index in [-0.39, 0.29) is 10.1 Å². The standard InChI is InChI=1S/C23H23N3O5S/c1-14-7-15(2)9-18(8-14)31-13-17-10-16(5-6-19(17)29-3)12-24-26-23-25-22(28)20(32-23)11-21(27)30-4/h5-12H,13H2,1-4H3,(H,25,26,28)/b20-11+,24-12?. The van der Waals surface area contributed by atoms with Gasteiger partial charge in [-0.3, -0.25) is 10.1 Å². The van der Waals surface area contributed by atoms with Crippen LogP contribution in [0.1, 0.15) is 22.3 Å². The van der Waals surface area contributed by atoms with Gasteiger partial charge in [-0.1, -0.05) is 6.07 Å². The SMILES string of the molecule is COC(=O)/C=C1/S/C(=N\N=Cc2ccc(OC)c(COc3cc(C)cc(C)c3)c2)NC1=O. The summed E-state index contributed by atoms with van der Waals surface area (Å²) in [6, 6.07) is 11.6. The van der Waals surface area contributed by atoms with Crippen LogP contribution in [0.5, 0.6) is 11.5 Å². The first-order valence-electron chi connectivity index (χ1n) is 9.66. The number of aryl methyl sites for hydroxylation is 2. The zero-order valence-corrected chi connectivity index (χ0v) is 19.0. The molecule has 2 aromatic rings. The number of nitrogens with zero attached hydrogens (tertiary/aromatic N) is 2. The molecule has 2 aromatic carbocycles. The second-order valence-corrected chi connectivity index (χ2v) is 7.95. The molecule has 1 N–H and O–H groups in total. The van der Waals surface area contributed by atoms with E-state index in [0.717, 1.165) is 45.8 Å². The predicted octanol–water partition coefficient (Wildman–Crippen LogP) is 3.50. The molecule has 1 aliphatic rings. The second-order valence-electron chi connectivity index (χ2n) is 6.92. The van der Waals surface area contributed by atoms with Crippen LogP contribution in [0.2, 0.25) is 0 Å². The molecule has 166 valence electrons. The molecule has 1 aliphatic heterocycles. The third-order valence-corrected chi connectivity index (χ3v) is 5.25. The smallest absolute Gasteiger partial charge is 0.331 e. The molecule has 1 amide bonds.